The number of hydrogen-bond donors (Lipinski definition) is 1. The van der Waals surface area contributed by atoms with Crippen molar-refractivity contribution < 1.29 is 5.11 Å². The molecule has 1 atom stereocenters. The highest BCUT2D eigenvalue weighted by atomic mass is 16.3. The van der Waals surface area contributed by atoms with Crippen LogP contribution in [-0.4, -0.2) is 5.11 Å². The monoisotopic (exact) mass is 256 g/mol. The van der Waals surface area contributed by atoms with Crippen molar-refractivity contribution >= 4 is 0 Å². The zero-order chi connectivity index (χ0) is 14.6. The summed E-state index contributed by atoms with van der Waals surface area (Å²) in [5.74, 6) is 0. The first kappa shape index (κ1) is 15.5. The molecule has 0 aliphatic heterocycles. The van der Waals surface area contributed by atoms with Crippen LogP contribution < -0.4 is 0 Å². The van der Waals surface area contributed by atoms with E-state index >= 15 is 0 Å². The van der Waals surface area contributed by atoms with Gasteiger partial charge in [0.2, 0.25) is 0 Å². The molecule has 1 aromatic rings. The summed E-state index contributed by atoms with van der Waals surface area (Å²) in [6.07, 6.45) is 3.38. The number of hydrogen-bond acceptors (Lipinski definition) is 1. The highest BCUT2D eigenvalue weighted by Crippen LogP contribution is 2.33. The Morgan fingerprint density at radius 3 is 2.16 bits per heavy atom. The molecule has 1 nitrogen and oxygen atoms in total. The lowest BCUT2D eigenvalue weighted by Crippen LogP contribution is -2.08. The van der Waals surface area contributed by atoms with E-state index in [0.717, 1.165) is 33.4 Å². The van der Waals surface area contributed by atoms with Crippen molar-refractivity contribution in [2.45, 2.75) is 40.7 Å². The molecule has 0 aliphatic rings. The van der Waals surface area contributed by atoms with E-state index in [1.807, 2.05) is 65.0 Å². The molecule has 0 spiro atoms. The summed E-state index contributed by atoms with van der Waals surface area (Å²) in [7, 11) is 0. The topological polar surface area (TPSA) is 20.2 Å². The SMILES string of the molecule is C=C(C)/C(=C(C)\C=C/C)C(O)c1c(C)cccc1C. The van der Waals surface area contributed by atoms with Crippen LogP contribution in [0.3, 0.4) is 0 Å². The zero-order valence-corrected chi connectivity index (χ0v) is 12.6. The van der Waals surface area contributed by atoms with Gasteiger partial charge < -0.3 is 5.11 Å². The molecule has 0 heterocycles. The second-order valence-corrected chi connectivity index (χ2v) is 5.09. The molecule has 0 aliphatic carbocycles. The van der Waals surface area contributed by atoms with E-state index in [9.17, 15) is 5.11 Å². The highest BCUT2D eigenvalue weighted by molar-refractivity contribution is 5.47. The molecular formula is C18H24O. The minimum absolute atomic E-state index is 0.616. The molecule has 0 bridgehead atoms. The fraction of sp³-hybridized carbons (Fsp3) is 0.333. The van der Waals surface area contributed by atoms with Gasteiger partial charge in [-0.3, -0.25) is 0 Å². The molecule has 0 saturated carbocycles. The Labute approximate surface area is 117 Å². The molecule has 102 valence electrons. The van der Waals surface area contributed by atoms with Crippen LogP contribution in [0.15, 0.2) is 53.6 Å². The van der Waals surface area contributed by atoms with E-state index in [0.29, 0.717) is 0 Å². The van der Waals surface area contributed by atoms with E-state index in [2.05, 4.69) is 6.58 Å². The molecule has 0 amide bonds. The van der Waals surface area contributed by atoms with Crippen molar-refractivity contribution in [1.82, 2.24) is 0 Å². The maximum Gasteiger partial charge on any atom is 0.105 e. The van der Waals surface area contributed by atoms with Gasteiger partial charge >= 0.3 is 0 Å². The summed E-state index contributed by atoms with van der Waals surface area (Å²) < 4.78 is 0. The Morgan fingerprint density at radius 1 is 1.21 bits per heavy atom. The summed E-state index contributed by atoms with van der Waals surface area (Å²) in [6, 6.07) is 6.09. The van der Waals surface area contributed by atoms with Gasteiger partial charge in [-0.05, 0) is 62.5 Å². The molecule has 0 radical (unpaired) electrons. The molecule has 19 heavy (non-hydrogen) atoms. The molecular weight excluding hydrogens is 232 g/mol. The third-order valence-electron chi connectivity index (χ3n) is 3.39. The van der Waals surface area contributed by atoms with Crippen LogP contribution in [0, 0.1) is 13.8 Å². The molecule has 1 N–H and O–H groups in total. The Hall–Kier alpha value is -1.60. The standard InChI is InChI=1S/C18H24O/c1-7-9-13(4)16(12(2)3)18(19)17-14(5)10-8-11-15(17)6/h7-11,18-19H,2H2,1,3-6H3/b9-7-,16-13+. The molecule has 1 aromatic carbocycles. The molecule has 0 fully saturated rings. The van der Waals surface area contributed by atoms with Gasteiger partial charge in [0.15, 0.2) is 0 Å². The zero-order valence-electron chi connectivity index (χ0n) is 12.6. The summed E-state index contributed by atoms with van der Waals surface area (Å²) in [4.78, 5) is 0. The largest absolute Gasteiger partial charge is 0.384 e. The number of benzene rings is 1. The van der Waals surface area contributed by atoms with Crippen LogP contribution in [-0.2, 0) is 0 Å². The van der Waals surface area contributed by atoms with Gasteiger partial charge in [0.25, 0.3) is 0 Å². The minimum atomic E-state index is -0.616. The third-order valence-corrected chi connectivity index (χ3v) is 3.39. The van der Waals surface area contributed by atoms with Gasteiger partial charge in [-0.1, -0.05) is 42.5 Å². The van der Waals surface area contributed by atoms with Crippen molar-refractivity contribution in [2.24, 2.45) is 0 Å². The van der Waals surface area contributed by atoms with Gasteiger partial charge in [0.05, 0.1) is 0 Å². The molecule has 1 rings (SSSR count). The summed E-state index contributed by atoms with van der Waals surface area (Å²) in [6.45, 7) is 14.0. The van der Waals surface area contributed by atoms with Gasteiger partial charge in [0, 0.05) is 0 Å². The van der Waals surface area contributed by atoms with E-state index in [4.69, 9.17) is 0 Å². The van der Waals surface area contributed by atoms with Gasteiger partial charge in [0.1, 0.15) is 6.10 Å². The summed E-state index contributed by atoms with van der Waals surface area (Å²) in [5.41, 5.74) is 6.09. The lowest BCUT2D eigenvalue weighted by Gasteiger charge is -2.21. The fourth-order valence-electron chi connectivity index (χ4n) is 2.53. The second kappa shape index (κ2) is 6.53. The Bertz CT molecular complexity index is 512. The Balaban J connectivity index is 3.41. The van der Waals surface area contributed by atoms with E-state index < -0.39 is 6.10 Å². The normalized spacial score (nSPS) is 14.4. The number of aryl methyl sites for hydroxylation is 2. The summed E-state index contributed by atoms with van der Waals surface area (Å²) >= 11 is 0. The van der Waals surface area contributed by atoms with Crippen molar-refractivity contribution in [2.75, 3.05) is 0 Å². The van der Waals surface area contributed by atoms with E-state index in [-0.39, 0.29) is 0 Å². The van der Waals surface area contributed by atoms with Gasteiger partial charge in [-0.25, -0.2) is 0 Å². The van der Waals surface area contributed by atoms with Crippen molar-refractivity contribution in [1.29, 1.82) is 0 Å². The van der Waals surface area contributed by atoms with Gasteiger partial charge in [-0.2, -0.15) is 0 Å². The predicted octanol–water partition coefficient (Wildman–Crippen LogP) is 4.81. The smallest absolute Gasteiger partial charge is 0.105 e. The number of rotatable bonds is 4. The second-order valence-electron chi connectivity index (χ2n) is 5.09. The lowest BCUT2D eigenvalue weighted by molar-refractivity contribution is 0.215. The predicted molar refractivity (Wildman–Crippen MR) is 83.2 cm³/mol. The van der Waals surface area contributed by atoms with Crippen LogP contribution >= 0.6 is 0 Å². The number of aliphatic hydroxyl groups is 1. The van der Waals surface area contributed by atoms with Crippen LogP contribution in [0.25, 0.3) is 0 Å². The molecule has 0 aromatic heterocycles. The van der Waals surface area contributed by atoms with Crippen LogP contribution in [0.4, 0.5) is 0 Å². The average Bonchev–Trinajstić information content (AvgIpc) is 2.28. The Morgan fingerprint density at radius 2 is 1.74 bits per heavy atom. The molecule has 1 heteroatoms. The van der Waals surface area contributed by atoms with Crippen LogP contribution in [0.2, 0.25) is 0 Å². The summed E-state index contributed by atoms with van der Waals surface area (Å²) in [5, 5.41) is 10.8. The maximum absolute atomic E-state index is 10.8. The first-order valence-corrected chi connectivity index (χ1v) is 6.63. The molecule has 0 saturated heterocycles. The van der Waals surface area contributed by atoms with Crippen LogP contribution in [0.5, 0.6) is 0 Å². The maximum atomic E-state index is 10.8. The minimum Gasteiger partial charge on any atom is -0.384 e. The first-order valence-electron chi connectivity index (χ1n) is 6.63. The van der Waals surface area contributed by atoms with Crippen molar-refractivity contribution in [3.8, 4) is 0 Å². The van der Waals surface area contributed by atoms with Crippen molar-refractivity contribution in [3.63, 3.8) is 0 Å². The average molecular weight is 256 g/mol. The highest BCUT2D eigenvalue weighted by Gasteiger charge is 2.19. The van der Waals surface area contributed by atoms with Crippen LogP contribution in [0.1, 0.15) is 43.6 Å². The van der Waals surface area contributed by atoms with E-state index in [1.54, 1.807) is 0 Å². The fourth-order valence-corrected chi connectivity index (χ4v) is 2.53. The number of allylic oxidation sites excluding steroid dienone is 3. The third kappa shape index (κ3) is 3.45. The Kier molecular flexibility index (Phi) is 5.31. The molecule has 1 unspecified atom stereocenters. The first-order chi connectivity index (χ1) is 8.90. The van der Waals surface area contributed by atoms with E-state index in [1.165, 1.54) is 0 Å². The van der Waals surface area contributed by atoms with Gasteiger partial charge in [-0.15, -0.1) is 0 Å². The quantitative estimate of drug-likeness (QED) is 0.767. The van der Waals surface area contributed by atoms with Crippen molar-refractivity contribution in [3.05, 3.63) is 70.3 Å². The lowest BCUT2D eigenvalue weighted by atomic mass is 9.88. The number of aliphatic hydroxyl groups excluding tert-OH is 1.